The van der Waals surface area contributed by atoms with E-state index < -0.39 is 0 Å². The Morgan fingerprint density at radius 1 is 1.10 bits per heavy atom. The first kappa shape index (κ1) is 19.5. The molecule has 0 amide bonds. The van der Waals surface area contributed by atoms with E-state index in [2.05, 4.69) is 9.97 Å². The molecule has 0 saturated heterocycles. The van der Waals surface area contributed by atoms with Crippen molar-refractivity contribution in [3.8, 4) is 28.7 Å². The zero-order valence-electron chi connectivity index (χ0n) is 15.9. The summed E-state index contributed by atoms with van der Waals surface area (Å²) in [5.74, 6) is 0.810. The fraction of sp³-hybridized carbons (Fsp3) is 0.381. The summed E-state index contributed by atoms with van der Waals surface area (Å²) in [5.41, 5.74) is 1.93. The zero-order valence-corrected chi connectivity index (χ0v) is 15.9. The second-order valence-corrected chi connectivity index (χ2v) is 7.10. The van der Waals surface area contributed by atoms with Crippen LogP contribution in [0, 0.1) is 5.82 Å². The number of benzene rings is 1. The molecule has 0 spiro atoms. The van der Waals surface area contributed by atoms with Gasteiger partial charge in [0.05, 0.1) is 12.7 Å². The lowest BCUT2D eigenvalue weighted by atomic mass is 9.93. The van der Waals surface area contributed by atoms with E-state index in [1.54, 1.807) is 24.4 Å². The predicted octanol–water partition coefficient (Wildman–Crippen LogP) is 2.99. The fourth-order valence-corrected chi connectivity index (χ4v) is 3.75. The van der Waals surface area contributed by atoms with Crippen molar-refractivity contribution in [2.45, 2.75) is 37.8 Å². The smallest absolute Gasteiger partial charge is 0.222 e. The van der Waals surface area contributed by atoms with Crippen LogP contribution in [0.4, 0.5) is 4.39 Å². The number of ether oxygens (including phenoxy) is 1. The fourth-order valence-electron chi connectivity index (χ4n) is 3.75. The lowest BCUT2D eigenvalue weighted by Gasteiger charge is -2.29. The number of halogens is 1. The molecule has 2 aromatic heterocycles. The van der Waals surface area contributed by atoms with Crippen LogP contribution in [-0.4, -0.2) is 49.0 Å². The van der Waals surface area contributed by atoms with Gasteiger partial charge in [0.2, 0.25) is 5.88 Å². The van der Waals surface area contributed by atoms with Crippen LogP contribution < -0.4 is 4.74 Å². The van der Waals surface area contributed by atoms with Gasteiger partial charge >= 0.3 is 0 Å². The van der Waals surface area contributed by atoms with Gasteiger partial charge in [0.25, 0.3) is 0 Å². The van der Waals surface area contributed by atoms with Gasteiger partial charge in [-0.15, -0.1) is 0 Å². The number of aliphatic hydroxyl groups is 2. The van der Waals surface area contributed by atoms with Gasteiger partial charge in [-0.05, 0) is 56.0 Å². The first-order valence-electron chi connectivity index (χ1n) is 9.73. The second kappa shape index (κ2) is 8.67. The van der Waals surface area contributed by atoms with Crippen LogP contribution in [0.15, 0.2) is 42.9 Å². The normalized spacial score (nSPS) is 19.3. The van der Waals surface area contributed by atoms with Crippen molar-refractivity contribution >= 4 is 0 Å². The van der Waals surface area contributed by atoms with E-state index in [9.17, 15) is 14.6 Å². The van der Waals surface area contributed by atoms with Crippen molar-refractivity contribution in [1.29, 1.82) is 0 Å². The molecule has 7 nitrogen and oxygen atoms in total. The molecule has 29 heavy (non-hydrogen) atoms. The summed E-state index contributed by atoms with van der Waals surface area (Å²) in [4.78, 5) is 13.1. The summed E-state index contributed by atoms with van der Waals surface area (Å²) >= 11 is 0. The number of hydrogen-bond donors (Lipinski definition) is 2. The SMILES string of the molecule is OCCOc1c(-c2ccc(F)cc2)nc(-c2ccncn2)n1C1CCC(O)CC1. The zero-order chi connectivity index (χ0) is 20.2. The number of hydrogen-bond acceptors (Lipinski definition) is 6. The van der Waals surface area contributed by atoms with Crippen molar-refractivity contribution in [3.05, 3.63) is 48.7 Å². The van der Waals surface area contributed by atoms with E-state index in [-0.39, 0.29) is 31.2 Å². The van der Waals surface area contributed by atoms with E-state index in [4.69, 9.17) is 9.72 Å². The highest BCUT2D eigenvalue weighted by Crippen LogP contribution is 2.41. The van der Waals surface area contributed by atoms with Gasteiger partial charge in [-0.25, -0.2) is 19.3 Å². The summed E-state index contributed by atoms with van der Waals surface area (Å²) in [6.45, 7) is -0.0291. The van der Waals surface area contributed by atoms with Gasteiger partial charge in [0.1, 0.15) is 30.1 Å². The van der Waals surface area contributed by atoms with Crippen LogP contribution in [0.25, 0.3) is 22.8 Å². The average Bonchev–Trinajstić information content (AvgIpc) is 3.13. The Morgan fingerprint density at radius 2 is 1.86 bits per heavy atom. The summed E-state index contributed by atoms with van der Waals surface area (Å²) in [7, 11) is 0. The molecular formula is C21H23FN4O3. The number of aliphatic hydroxyl groups excluding tert-OH is 2. The molecule has 0 atom stereocenters. The third-order valence-corrected chi connectivity index (χ3v) is 5.16. The van der Waals surface area contributed by atoms with Gasteiger partial charge in [0.15, 0.2) is 5.82 Å². The van der Waals surface area contributed by atoms with Gasteiger partial charge < -0.3 is 14.9 Å². The van der Waals surface area contributed by atoms with Crippen molar-refractivity contribution in [2.75, 3.05) is 13.2 Å². The van der Waals surface area contributed by atoms with Crippen LogP contribution >= 0.6 is 0 Å². The summed E-state index contributed by atoms with van der Waals surface area (Å²) in [6, 6.07) is 7.92. The van der Waals surface area contributed by atoms with E-state index in [1.807, 2.05) is 4.57 Å². The molecule has 1 saturated carbocycles. The summed E-state index contributed by atoms with van der Waals surface area (Å²) < 4.78 is 21.4. The highest BCUT2D eigenvalue weighted by Gasteiger charge is 2.29. The highest BCUT2D eigenvalue weighted by molar-refractivity contribution is 5.70. The topological polar surface area (TPSA) is 93.3 Å². The highest BCUT2D eigenvalue weighted by atomic mass is 19.1. The minimum absolute atomic E-state index is 0.0683. The minimum Gasteiger partial charge on any atom is -0.475 e. The number of aromatic nitrogens is 4. The Morgan fingerprint density at radius 3 is 2.52 bits per heavy atom. The largest absolute Gasteiger partial charge is 0.475 e. The van der Waals surface area contributed by atoms with Crippen molar-refractivity contribution in [3.63, 3.8) is 0 Å². The molecule has 8 heteroatoms. The van der Waals surface area contributed by atoms with Crippen LogP contribution in [-0.2, 0) is 0 Å². The van der Waals surface area contributed by atoms with Crippen LogP contribution in [0.3, 0.4) is 0 Å². The van der Waals surface area contributed by atoms with E-state index in [0.29, 0.717) is 41.5 Å². The molecule has 1 aliphatic rings. The van der Waals surface area contributed by atoms with Gasteiger partial charge in [0, 0.05) is 17.8 Å². The van der Waals surface area contributed by atoms with Crippen LogP contribution in [0.1, 0.15) is 31.7 Å². The van der Waals surface area contributed by atoms with Crippen molar-refractivity contribution < 1.29 is 19.3 Å². The summed E-state index contributed by atoms with van der Waals surface area (Å²) in [5, 5.41) is 19.3. The Kier molecular flexibility index (Phi) is 5.82. The third-order valence-electron chi connectivity index (χ3n) is 5.16. The molecule has 4 rings (SSSR count). The molecule has 1 aliphatic carbocycles. The quantitative estimate of drug-likeness (QED) is 0.663. The molecule has 2 N–H and O–H groups in total. The molecule has 3 aromatic rings. The Bertz CT molecular complexity index is 939. The molecule has 1 aromatic carbocycles. The lowest BCUT2D eigenvalue weighted by molar-refractivity contribution is 0.107. The maximum Gasteiger partial charge on any atom is 0.222 e. The minimum atomic E-state index is -0.330. The summed E-state index contributed by atoms with van der Waals surface area (Å²) in [6.07, 6.45) is 5.75. The van der Waals surface area contributed by atoms with Gasteiger partial charge in [-0.3, -0.25) is 4.57 Å². The Hall–Kier alpha value is -2.84. The van der Waals surface area contributed by atoms with E-state index in [0.717, 1.165) is 12.8 Å². The van der Waals surface area contributed by atoms with Crippen LogP contribution in [0.5, 0.6) is 5.88 Å². The molecule has 0 aliphatic heterocycles. The molecular weight excluding hydrogens is 375 g/mol. The van der Waals surface area contributed by atoms with Crippen LogP contribution in [0.2, 0.25) is 0 Å². The van der Waals surface area contributed by atoms with Crippen molar-refractivity contribution in [2.24, 2.45) is 0 Å². The van der Waals surface area contributed by atoms with E-state index >= 15 is 0 Å². The molecule has 152 valence electrons. The molecule has 0 unspecified atom stereocenters. The predicted molar refractivity (Wildman–Crippen MR) is 105 cm³/mol. The molecule has 0 radical (unpaired) electrons. The van der Waals surface area contributed by atoms with E-state index in [1.165, 1.54) is 18.5 Å². The van der Waals surface area contributed by atoms with Gasteiger partial charge in [-0.1, -0.05) is 0 Å². The Labute approximate surface area is 167 Å². The maximum absolute atomic E-state index is 13.5. The second-order valence-electron chi connectivity index (χ2n) is 7.10. The lowest BCUT2D eigenvalue weighted by Crippen LogP contribution is -2.22. The number of rotatable bonds is 6. The standard InChI is InChI=1S/C21H23FN4O3/c22-15-3-1-14(2-4-15)19-21(29-12-11-27)26(16-5-7-17(28)8-6-16)20(25-19)18-9-10-23-13-24-18/h1-4,9-10,13,16-17,27-28H,5-8,11-12H2. The Balaban J connectivity index is 1.87. The number of imidazole rings is 1. The maximum atomic E-state index is 13.5. The number of nitrogens with zero attached hydrogens (tertiary/aromatic N) is 4. The molecule has 2 heterocycles. The monoisotopic (exact) mass is 398 g/mol. The molecule has 1 fully saturated rings. The van der Waals surface area contributed by atoms with Crippen molar-refractivity contribution in [1.82, 2.24) is 19.5 Å². The molecule has 0 bridgehead atoms. The third kappa shape index (κ3) is 4.13. The first-order valence-corrected chi connectivity index (χ1v) is 9.73. The van der Waals surface area contributed by atoms with Gasteiger partial charge in [-0.2, -0.15) is 0 Å². The average molecular weight is 398 g/mol. The first-order chi connectivity index (χ1) is 14.2.